The minimum Gasteiger partial charge on any atom is -0.389 e. The van der Waals surface area contributed by atoms with E-state index in [-0.39, 0.29) is 29.2 Å². The average molecular weight is 341 g/mol. The number of nitrogens with zero attached hydrogens (tertiary/aromatic N) is 1. The van der Waals surface area contributed by atoms with Gasteiger partial charge in [-0.2, -0.15) is 0 Å². The summed E-state index contributed by atoms with van der Waals surface area (Å²) in [6.07, 6.45) is 0.670. The molecule has 1 aromatic carbocycles. The number of aromatic nitrogens is 1. The number of hydrogen-bond acceptors (Lipinski definition) is 3. The van der Waals surface area contributed by atoms with Crippen molar-refractivity contribution in [2.75, 3.05) is 6.54 Å². The molecule has 2 N–H and O–H groups in total. The molecule has 0 radical (unpaired) electrons. The summed E-state index contributed by atoms with van der Waals surface area (Å²) >= 11 is 11.8. The first kappa shape index (κ1) is 16.5. The topological polar surface area (TPSA) is 71.3 Å². The number of carbonyl (C=O) groups is 1. The maximum atomic E-state index is 12.0. The van der Waals surface area contributed by atoms with Crippen molar-refractivity contribution < 1.29 is 9.90 Å². The molecule has 0 unspecified atom stereocenters. The van der Waals surface area contributed by atoms with E-state index in [2.05, 4.69) is 5.32 Å². The Hall–Kier alpha value is -1.82. The van der Waals surface area contributed by atoms with Gasteiger partial charge in [-0.1, -0.05) is 29.3 Å². The van der Waals surface area contributed by atoms with Crippen molar-refractivity contribution in [1.82, 2.24) is 9.88 Å². The van der Waals surface area contributed by atoms with Gasteiger partial charge in [0.1, 0.15) is 0 Å². The third-order valence-corrected chi connectivity index (χ3v) is 3.54. The van der Waals surface area contributed by atoms with Crippen LogP contribution in [0.1, 0.15) is 10.4 Å². The maximum absolute atomic E-state index is 12.0. The number of pyridine rings is 1. The molecular formula is C15H14Cl2N2O3. The summed E-state index contributed by atoms with van der Waals surface area (Å²) in [6, 6.07) is 9.27. The molecule has 0 fully saturated rings. The fraction of sp³-hybridized carbons (Fsp3) is 0.200. The molecule has 5 nitrogen and oxygen atoms in total. The summed E-state index contributed by atoms with van der Waals surface area (Å²) < 4.78 is 1.36. The number of amides is 1. The van der Waals surface area contributed by atoms with Crippen LogP contribution in [0.5, 0.6) is 0 Å². The lowest BCUT2D eigenvalue weighted by atomic mass is 10.2. The SMILES string of the molecule is O=C(NC[C@H](O)Cn1ccccc1=O)c1cc(Cl)ccc1Cl. The monoisotopic (exact) mass is 340 g/mol. The van der Waals surface area contributed by atoms with Gasteiger partial charge in [0.25, 0.3) is 11.5 Å². The number of carbonyl (C=O) groups excluding carboxylic acids is 1. The van der Waals surface area contributed by atoms with Gasteiger partial charge in [0.15, 0.2) is 0 Å². The van der Waals surface area contributed by atoms with Crippen molar-refractivity contribution in [3.8, 4) is 0 Å². The minimum atomic E-state index is -0.901. The Balaban J connectivity index is 1.95. The van der Waals surface area contributed by atoms with Crippen molar-refractivity contribution >= 4 is 29.1 Å². The second-order valence-corrected chi connectivity index (χ2v) is 5.52. The second kappa shape index (κ2) is 7.45. The first-order valence-corrected chi connectivity index (χ1v) is 7.30. The molecule has 1 aromatic heterocycles. The first-order chi connectivity index (χ1) is 10.5. The van der Waals surface area contributed by atoms with E-state index in [9.17, 15) is 14.7 Å². The average Bonchev–Trinajstić information content (AvgIpc) is 2.49. The van der Waals surface area contributed by atoms with E-state index in [1.165, 1.54) is 22.8 Å². The van der Waals surface area contributed by atoms with Crippen LogP contribution >= 0.6 is 23.2 Å². The Morgan fingerprint density at radius 2 is 2.05 bits per heavy atom. The summed E-state index contributed by atoms with van der Waals surface area (Å²) in [7, 11) is 0. The molecule has 22 heavy (non-hydrogen) atoms. The number of benzene rings is 1. The minimum absolute atomic E-state index is 0.0109. The van der Waals surface area contributed by atoms with Crippen LogP contribution < -0.4 is 10.9 Å². The molecule has 0 saturated carbocycles. The van der Waals surface area contributed by atoms with Gasteiger partial charge in [0.2, 0.25) is 0 Å². The van der Waals surface area contributed by atoms with E-state index in [0.717, 1.165) is 0 Å². The highest BCUT2D eigenvalue weighted by Gasteiger charge is 2.13. The largest absolute Gasteiger partial charge is 0.389 e. The predicted molar refractivity (Wildman–Crippen MR) is 85.5 cm³/mol. The molecule has 0 spiro atoms. The molecule has 1 amide bonds. The van der Waals surface area contributed by atoms with Crippen LogP contribution in [-0.2, 0) is 6.54 Å². The Kier molecular flexibility index (Phi) is 5.60. The Labute approximate surface area is 137 Å². The van der Waals surface area contributed by atoms with Crippen molar-refractivity contribution in [2.45, 2.75) is 12.6 Å². The lowest BCUT2D eigenvalue weighted by Crippen LogP contribution is -2.36. The van der Waals surface area contributed by atoms with Crippen LogP contribution in [-0.4, -0.2) is 28.2 Å². The lowest BCUT2D eigenvalue weighted by molar-refractivity contribution is 0.0903. The molecule has 0 bridgehead atoms. The van der Waals surface area contributed by atoms with Gasteiger partial charge in [0.05, 0.1) is 23.2 Å². The van der Waals surface area contributed by atoms with Crippen LogP contribution in [0.15, 0.2) is 47.4 Å². The molecule has 0 aliphatic heterocycles. The Bertz CT molecular complexity index is 731. The van der Waals surface area contributed by atoms with E-state index in [4.69, 9.17) is 23.2 Å². The fourth-order valence-corrected chi connectivity index (χ4v) is 2.26. The predicted octanol–water partition coefficient (Wildman–Crippen LogP) is 1.95. The number of hydrogen-bond donors (Lipinski definition) is 2. The number of halogens is 2. The Morgan fingerprint density at radius 1 is 1.27 bits per heavy atom. The molecule has 116 valence electrons. The van der Waals surface area contributed by atoms with E-state index >= 15 is 0 Å². The standard InChI is InChI=1S/C15H14Cl2N2O3/c16-10-4-5-13(17)12(7-10)15(22)18-8-11(20)9-19-6-2-1-3-14(19)21/h1-7,11,20H,8-9H2,(H,18,22)/t11-/m0/s1. The van der Waals surface area contributed by atoms with Crippen LogP contribution in [0.2, 0.25) is 10.0 Å². The molecule has 0 saturated heterocycles. The highest BCUT2D eigenvalue weighted by Crippen LogP contribution is 2.20. The molecule has 2 rings (SSSR count). The van der Waals surface area contributed by atoms with E-state index in [0.29, 0.717) is 5.02 Å². The first-order valence-electron chi connectivity index (χ1n) is 6.54. The normalized spacial score (nSPS) is 12.0. The molecule has 1 atom stereocenters. The summed E-state index contributed by atoms with van der Waals surface area (Å²) in [5, 5.41) is 13.1. The van der Waals surface area contributed by atoms with Gasteiger partial charge in [0, 0.05) is 23.8 Å². The summed E-state index contributed by atoms with van der Waals surface area (Å²) in [4.78, 5) is 23.5. The lowest BCUT2D eigenvalue weighted by Gasteiger charge is -2.14. The van der Waals surface area contributed by atoms with E-state index in [1.807, 2.05) is 0 Å². The Morgan fingerprint density at radius 3 is 2.77 bits per heavy atom. The number of nitrogens with one attached hydrogen (secondary N) is 1. The van der Waals surface area contributed by atoms with Crippen LogP contribution in [0.4, 0.5) is 0 Å². The number of aliphatic hydroxyl groups excluding tert-OH is 1. The third-order valence-electron chi connectivity index (χ3n) is 2.98. The molecule has 1 heterocycles. The number of aliphatic hydroxyl groups is 1. The van der Waals surface area contributed by atoms with E-state index < -0.39 is 12.0 Å². The summed E-state index contributed by atoms with van der Waals surface area (Å²) in [6.45, 7) is 0.0756. The maximum Gasteiger partial charge on any atom is 0.252 e. The quantitative estimate of drug-likeness (QED) is 0.873. The highest BCUT2D eigenvalue weighted by atomic mass is 35.5. The van der Waals surface area contributed by atoms with Crippen molar-refractivity contribution in [1.29, 1.82) is 0 Å². The van der Waals surface area contributed by atoms with Gasteiger partial charge in [-0.25, -0.2) is 0 Å². The zero-order valence-electron chi connectivity index (χ0n) is 11.5. The van der Waals surface area contributed by atoms with Crippen molar-refractivity contribution in [3.05, 3.63) is 68.6 Å². The van der Waals surface area contributed by atoms with Gasteiger partial charge in [-0.15, -0.1) is 0 Å². The van der Waals surface area contributed by atoms with Crippen molar-refractivity contribution in [3.63, 3.8) is 0 Å². The zero-order chi connectivity index (χ0) is 16.1. The summed E-state index contributed by atoms with van der Waals surface area (Å²) in [5.41, 5.74) is 0.0176. The van der Waals surface area contributed by atoms with Crippen LogP contribution in [0, 0.1) is 0 Å². The summed E-state index contributed by atoms with van der Waals surface area (Å²) in [5.74, 6) is -0.438. The smallest absolute Gasteiger partial charge is 0.252 e. The van der Waals surface area contributed by atoms with Crippen LogP contribution in [0.3, 0.4) is 0 Å². The van der Waals surface area contributed by atoms with E-state index in [1.54, 1.807) is 24.4 Å². The van der Waals surface area contributed by atoms with Gasteiger partial charge >= 0.3 is 0 Å². The zero-order valence-corrected chi connectivity index (χ0v) is 13.0. The molecule has 2 aromatic rings. The molecule has 0 aliphatic carbocycles. The fourth-order valence-electron chi connectivity index (χ4n) is 1.88. The molecule has 7 heteroatoms. The van der Waals surface area contributed by atoms with Gasteiger partial charge in [-0.05, 0) is 24.3 Å². The highest BCUT2D eigenvalue weighted by molar-refractivity contribution is 6.35. The molecular weight excluding hydrogens is 327 g/mol. The number of rotatable bonds is 5. The van der Waals surface area contributed by atoms with Gasteiger partial charge in [-0.3, -0.25) is 9.59 Å². The second-order valence-electron chi connectivity index (χ2n) is 4.68. The van der Waals surface area contributed by atoms with Crippen molar-refractivity contribution in [2.24, 2.45) is 0 Å². The third kappa shape index (κ3) is 4.34. The molecule has 0 aliphatic rings. The van der Waals surface area contributed by atoms with Crippen LogP contribution in [0.25, 0.3) is 0 Å². The van der Waals surface area contributed by atoms with Gasteiger partial charge < -0.3 is 15.0 Å².